The van der Waals surface area contributed by atoms with E-state index in [1.807, 2.05) is 29.9 Å². The van der Waals surface area contributed by atoms with E-state index in [-0.39, 0.29) is 5.91 Å². The summed E-state index contributed by atoms with van der Waals surface area (Å²) in [5, 5.41) is 3.02. The Labute approximate surface area is 189 Å². The molecule has 2 heterocycles. The molecule has 7 nitrogen and oxygen atoms in total. The van der Waals surface area contributed by atoms with Gasteiger partial charge < -0.3 is 19.5 Å². The van der Waals surface area contributed by atoms with Crippen molar-refractivity contribution in [1.29, 1.82) is 0 Å². The topological polar surface area (TPSA) is 62.6 Å². The van der Waals surface area contributed by atoms with Crippen LogP contribution in [0.2, 0.25) is 0 Å². The summed E-state index contributed by atoms with van der Waals surface area (Å²) < 4.78 is 7.67. The number of nitrogens with one attached hydrogen (secondary N) is 1. The normalized spacial score (nSPS) is 14.3. The molecule has 1 fully saturated rings. The number of aromatic nitrogens is 2. The number of aryl methyl sites for hydroxylation is 1. The van der Waals surface area contributed by atoms with Crippen LogP contribution < -0.4 is 15.0 Å². The second-order valence-electron chi connectivity index (χ2n) is 8.04. The fourth-order valence-corrected chi connectivity index (χ4v) is 3.86. The van der Waals surface area contributed by atoms with Gasteiger partial charge in [0.15, 0.2) is 0 Å². The van der Waals surface area contributed by atoms with E-state index in [1.54, 1.807) is 18.3 Å². The highest BCUT2D eigenvalue weighted by Crippen LogP contribution is 2.16. The molecule has 0 radical (unpaired) electrons. The average Bonchev–Trinajstić information content (AvgIpc) is 3.26. The van der Waals surface area contributed by atoms with Crippen LogP contribution >= 0.6 is 0 Å². The molecule has 0 aliphatic carbocycles. The summed E-state index contributed by atoms with van der Waals surface area (Å²) in [6.07, 6.45) is 4.58. The minimum atomic E-state index is -0.0467. The number of hydrogen-bond acceptors (Lipinski definition) is 5. The highest BCUT2D eigenvalue weighted by molar-refractivity contribution is 5.94. The van der Waals surface area contributed by atoms with Crippen molar-refractivity contribution in [2.75, 3.05) is 44.2 Å². The quantitative estimate of drug-likeness (QED) is 0.526. The van der Waals surface area contributed by atoms with Gasteiger partial charge in [-0.15, -0.1) is 0 Å². The lowest BCUT2D eigenvalue weighted by atomic mass is 10.2. The van der Waals surface area contributed by atoms with Crippen LogP contribution in [-0.4, -0.2) is 59.6 Å². The number of amides is 1. The monoisotopic (exact) mass is 433 g/mol. The highest BCUT2D eigenvalue weighted by Gasteiger charge is 2.16. The Hall–Kier alpha value is -3.32. The molecule has 0 saturated carbocycles. The maximum atomic E-state index is 12.4. The van der Waals surface area contributed by atoms with E-state index in [1.165, 1.54) is 5.69 Å². The van der Waals surface area contributed by atoms with Gasteiger partial charge in [0.1, 0.15) is 18.2 Å². The molecule has 2 aromatic carbocycles. The first-order chi connectivity index (χ1) is 15.7. The van der Waals surface area contributed by atoms with Gasteiger partial charge in [-0.25, -0.2) is 4.98 Å². The second-order valence-corrected chi connectivity index (χ2v) is 8.04. The fraction of sp³-hybridized carbons (Fsp3) is 0.360. The van der Waals surface area contributed by atoms with E-state index >= 15 is 0 Å². The molecule has 32 heavy (non-hydrogen) atoms. The first kappa shape index (κ1) is 21.9. The molecule has 1 aliphatic heterocycles. The van der Waals surface area contributed by atoms with Gasteiger partial charge in [-0.2, -0.15) is 0 Å². The maximum Gasteiger partial charge on any atom is 0.251 e. The zero-order valence-electron chi connectivity index (χ0n) is 18.6. The Morgan fingerprint density at radius 2 is 1.78 bits per heavy atom. The summed E-state index contributed by atoms with van der Waals surface area (Å²) in [5.74, 6) is 1.53. The number of nitrogens with zero attached hydrogens (tertiary/aromatic N) is 4. The van der Waals surface area contributed by atoms with Crippen LogP contribution in [0, 0.1) is 0 Å². The Balaban J connectivity index is 1.13. The van der Waals surface area contributed by atoms with Crippen molar-refractivity contribution in [3.05, 3.63) is 78.4 Å². The summed E-state index contributed by atoms with van der Waals surface area (Å²) in [5.41, 5.74) is 1.94. The Morgan fingerprint density at radius 1 is 1.03 bits per heavy atom. The summed E-state index contributed by atoms with van der Waals surface area (Å²) in [6, 6.07) is 17.8. The number of carbonyl (C=O) groups is 1. The molecular weight excluding hydrogens is 402 g/mol. The number of anilines is 1. The van der Waals surface area contributed by atoms with Gasteiger partial charge in [-0.05, 0) is 49.4 Å². The smallest absolute Gasteiger partial charge is 0.251 e. The molecule has 7 heteroatoms. The Morgan fingerprint density at radius 3 is 2.47 bits per heavy atom. The van der Waals surface area contributed by atoms with Crippen molar-refractivity contribution in [2.24, 2.45) is 7.05 Å². The third-order valence-electron chi connectivity index (χ3n) is 5.84. The van der Waals surface area contributed by atoms with Gasteiger partial charge in [-0.3, -0.25) is 9.69 Å². The summed E-state index contributed by atoms with van der Waals surface area (Å²) in [4.78, 5) is 21.6. The largest absolute Gasteiger partial charge is 0.486 e. The number of ether oxygens (including phenoxy) is 1. The van der Waals surface area contributed by atoms with Crippen molar-refractivity contribution in [1.82, 2.24) is 19.8 Å². The molecular formula is C25H31N5O2. The first-order valence-corrected chi connectivity index (χ1v) is 11.2. The third kappa shape index (κ3) is 5.88. The maximum absolute atomic E-state index is 12.4. The number of carbonyl (C=O) groups excluding carboxylic acids is 1. The lowest BCUT2D eigenvalue weighted by Gasteiger charge is -2.36. The van der Waals surface area contributed by atoms with Crippen molar-refractivity contribution >= 4 is 11.6 Å². The fourth-order valence-electron chi connectivity index (χ4n) is 3.86. The molecule has 1 amide bonds. The first-order valence-electron chi connectivity index (χ1n) is 11.2. The average molecular weight is 434 g/mol. The number of benzene rings is 2. The van der Waals surface area contributed by atoms with Gasteiger partial charge in [0.25, 0.3) is 5.91 Å². The van der Waals surface area contributed by atoms with Gasteiger partial charge in [0.05, 0.1) is 0 Å². The standard InChI is InChI=1S/C25H31N5O2/c1-28-15-13-26-24(28)20-32-23-10-8-21(9-11-23)25(31)27-12-5-14-29-16-18-30(19-17-29)22-6-3-2-4-7-22/h2-4,6-11,13,15H,5,12,14,16-20H2,1H3,(H,27,31). The third-order valence-corrected chi connectivity index (χ3v) is 5.84. The van der Waals surface area contributed by atoms with Crippen molar-refractivity contribution < 1.29 is 9.53 Å². The predicted molar refractivity (Wildman–Crippen MR) is 126 cm³/mol. The molecule has 0 atom stereocenters. The lowest BCUT2D eigenvalue weighted by molar-refractivity contribution is 0.0951. The Kier molecular flexibility index (Phi) is 7.40. The van der Waals surface area contributed by atoms with Crippen molar-refractivity contribution in [2.45, 2.75) is 13.0 Å². The zero-order chi connectivity index (χ0) is 22.2. The highest BCUT2D eigenvalue weighted by atomic mass is 16.5. The van der Waals surface area contributed by atoms with E-state index in [0.717, 1.165) is 50.7 Å². The van der Waals surface area contributed by atoms with Crippen LogP contribution in [0.3, 0.4) is 0 Å². The minimum absolute atomic E-state index is 0.0467. The van der Waals surface area contributed by atoms with Crippen LogP contribution in [0.25, 0.3) is 0 Å². The Bertz CT molecular complexity index is 979. The molecule has 1 aromatic heterocycles. The summed E-state index contributed by atoms with van der Waals surface area (Å²) in [7, 11) is 1.93. The summed E-state index contributed by atoms with van der Waals surface area (Å²) >= 11 is 0. The molecule has 4 rings (SSSR count). The second kappa shape index (κ2) is 10.8. The molecule has 1 aliphatic rings. The van der Waals surface area contributed by atoms with E-state index in [2.05, 4.69) is 50.4 Å². The summed E-state index contributed by atoms with van der Waals surface area (Å²) in [6.45, 7) is 6.29. The van der Waals surface area contributed by atoms with Crippen LogP contribution in [-0.2, 0) is 13.7 Å². The molecule has 0 bridgehead atoms. The lowest BCUT2D eigenvalue weighted by Crippen LogP contribution is -2.47. The van der Waals surface area contributed by atoms with Gasteiger partial charge in [0, 0.05) is 63.4 Å². The molecule has 3 aromatic rings. The zero-order valence-corrected chi connectivity index (χ0v) is 18.6. The SMILES string of the molecule is Cn1ccnc1COc1ccc(C(=O)NCCCN2CCN(c3ccccc3)CC2)cc1. The van der Waals surface area contributed by atoms with Crippen molar-refractivity contribution in [3.63, 3.8) is 0 Å². The number of piperazine rings is 1. The van der Waals surface area contributed by atoms with Crippen LogP contribution in [0.15, 0.2) is 67.0 Å². The van der Waals surface area contributed by atoms with Crippen LogP contribution in [0.4, 0.5) is 5.69 Å². The van der Waals surface area contributed by atoms with Crippen LogP contribution in [0.1, 0.15) is 22.6 Å². The van der Waals surface area contributed by atoms with Gasteiger partial charge in [-0.1, -0.05) is 18.2 Å². The predicted octanol–water partition coefficient (Wildman–Crippen LogP) is 2.94. The van der Waals surface area contributed by atoms with Gasteiger partial charge >= 0.3 is 0 Å². The molecule has 1 saturated heterocycles. The van der Waals surface area contributed by atoms with E-state index in [9.17, 15) is 4.79 Å². The minimum Gasteiger partial charge on any atom is -0.486 e. The number of hydrogen-bond donors (Lipinski definition) is 1. The molecule has 1 N–H and O–H groups in total. The molecule has 168 valence electrons. The van der Waals surface area contributed by atoms with E-state index < -0.39 is 0 Å². The van der Waals surface area contributed by atoms with Gasteiger partial charge in [0.2, 0.25) is 0 Å². The molecule has 0 unspecified atom stereocenters. The number of para-hydroxylation sites is 1. The number of rotatable bonds is 9. The number of imidazole rings is 1. The van der Waals surface area contributed by atoms with E-state index in [4.69, 9.17) is 4.74 Å². The van der Waals surface area contributed by atoms with E-state index in [0.29, 0.717) is 18.7 Å². The van der Waals surface area contributed by atoms with Crippen molar-refractivity contribution in [3.8, 4) is 5.75 Å². The van der Waals surface area contributed by atoms with Crippen LogP contribution in [0.5, 0.6) is 5.75 Å². The molecule has 0 spiro atoms.